The predicted molar refractivity (Wildman–Crippen MR) is 75.8 cm³/mol. The first-order valence-electron chi connectivity index (χ1n) is 6.70. The second kappa shape index (κ2) is 6.61. The van der Waals surface area contributed by atoms with Gasteiger partial charge in [0.15, 0.2) is 0 Å². The van der Waals surface area contributed by atoms with Gasteiger partial charge in [0.2, 0.25) is 0 Å². The monoisotopic (exact) mass is 249 g/mol. The van der Waals surface area contributed by atoms with Crippen molar-refractivity contribution in [1.29, 1.82) is 0 Å². The number of nitrogens with zero attached hydrogens (tertiary/aromatic N) is 1. The van der Waals surface area contributed by atoms with Crippen molar-refractivity contribution >= 4 is 11.4 Å². The van der Waals surface area contributed by atoms with E-state index in [0.29, 0.717) is 6.04 Å². The van der Waals surface area contributed by atoms with Crippen LogP contribution < -0.4 is 11.1 Å². The van der Waals surface area contributed by atoms with E-state index >= 15 is 0 Å². The lowest BCUT2D eigenvalue weighted by Gasteiger charge is -2.30. The minimum atomic E-state index is 0.463. The van der Waals surface area contributed by atoms with Crippen molar-refractivity contribution in [2.75, 3.05) is 43.9 Å². The number of benzene rings is 1. The molecule has 0 saturated carbocycles. The molecule has 1 fully saturated rings. The molecule has 0 radical (unpaired) electrons. The van der Waals surface area contributed by atoms with E-state index in [1.165, 1.54) is 0 Å². The predicted octanol–water partition coefficient (Wildman–Crippen LogP) is 1.79. The summed E-state index contributed by atoms with van der Waals surface area (Å²) in [4.78, 5) is 2.46. The third kappa shape index (κ3) is 3.89. The van der Waals surface area contributed by atoms with Crippen LogP contribution in [0.2, 0.25) is 0 Å². The van der Waals surface area contributed by atoms with E-state index in [1.807, 2.05) is 18.2 Å². The van der Waals surface area contributed by atoms with Gasteiger partial charge in [-0.3, -0.25) is 4.90 Å². The van der Waals surface area contributed by atoms with Crippen LogP contribution in [0, 0.1) is 0 Å². The minimum absolute atomic E-state index is 0.463. The van der Waals surface area contributed by atoms with Crippen molar-refractivity contribution < 1.29 is 4.74 Å². The van der Waals surface area contributed by atoms with E-state index in [0.717, 1.165) is 50.6 Å². The van der Waals surface area contributed by atoms with Gasteiger partial charge in [-0.2, -0.15) is 0 Å². The summed E-state index contributed by atoms with van der Waals surface area (Å²) in [5, 5.41) is 3.55. The lowest BCUT2D eigenvalue weighted by atomic mass is 10.2. The van der Waals surface area contributed by atoms with Crippen molar-refractivity contribution in [1.82, 2.24) is 4.90 Å². The van der Waals surface area contributed by atoms with Crippen LogP contribution in [0.4, 0.5) is 11.4 Å². The van der Waals surface area contributed by atoms with Gasteiger partial charge in [-0.25, -0.2) is 0 Å². The zero-order chi connectivity index (χ0) is 12.8. The molecule has 1 saturated heterocycles. The Balaban J connectivity index is 1.88. The summed E-state index contributed by atoms with van der Waals surface area (Å²) in [5.74, 6) is 0. The van der Waals surface area contributed by atoms with Gasteiger partial charge in [0.25, 0.3) is 0 Å². The first-order chi connectivity index (χ1) is 8.78. The molecule has 1 aromatic carbocycles. The van der Waals surface area contributed by atoms with Gasteiger partial charge in [0.1, 0.15) is 0 Å². The molecule has 0 aliphatic carbocycles. The first kappa shape index (κ1) is 13.2. The molecule has 1 atom stereocenters. The van der Waals surface area contributed by atoms with Crippen molar-refractivity contribution in [3.63, 3.8) is 0 Å². The average molecular weight is 249 g/mol. The number of nitrogen functional groups attached to an aromatic ring is 1. The summed E-state index contributed by atoms with van der Waals surface area (Å²) in [5.41, 5.74) is 7.71. The summed E-state index contributed by atoms with van der Waals surface area (Å²) in [6.07, 6.45) is 1.10. The third-order valence-corrected chi connectivity index (χ3v) is 3.33. The number of nitrogens with two attached hydrogens (primary N) is 1. The van der Waals surface area contributed by atoms with Gasteiger partial charge in [-0.05, 0) is 24.6 Å². The topological polar surface area (TPSA) is 50.5 Å². The summed E-state index contributed by atoms with van der Waals surface area (Å²) in [6, 6.07) is 8.41. The van der Waals surface area contributed by atoms with Crippen molar-refractivity contribution in [3.05, 3.63) is 24.3 Å². The Morgan fingerprint density at radius 3 is 2.83 bits per heavy atom. The summed E-state index contributed by atoms with van der Waals surface area (Å²) in [6.45, 7) is 7.06. The van der Waals surface area contributed by atoms with Gasteiger partial charge in [0.05, 0.1) is 13.2 Å². The molecule has 1 unspecified atom stereocenters. The van der Waals surface area contributed by atoms with E-state index in [-0.39, 0.29) is 0 Å². The lowest BCUT2D eigenvalue weighted by Crippen LogP contribution is -2.42. The van der Waals surface area contributed by atoms with Crippen molar-refractivity contribution in [3.8, 4) is 0 Å². The Morgan fingerprint density at radius 1 is 1.39 bits per heavy atom. The second-order valence-corrected chi connectivity index (χ2v) is 4.79. The van der Waals surface area contributed by atoms with Crippen molar-refractivity contribution in [2.45, 2.75) is 19.4 Å². The number of nitrogens with one attached hydrogen (secondary N) is 1. The standard InChI is InChI=1S/C14H23N3O/c1-2-13(11-17-6-8-18-9-7-17)16-14-5-3-4-12(15)10-14/h3-5,10,13,16H,2,6-9,11,15H2,1H3. The Kier molecular flexibility index (Phi) is 4.84. The number of rotatable bonds is 5. The van der Waals surface area contributed by atoms with Gasteiger partial charge in [-0.1, -0.05) is 13.0 Å². The van der Waals surface area contributed by atoms with Crippen LogP contribution in [0.15, 0.2) is 24.3 Å². The fourth-order valence-corrected chi connectivity index (χ4v) is 2.24. The molecule has 2 rings (SSSR count). The van der Waals surface area contributed by atoms with E-state index in [4.69, 9.17) is 10.5 Å². The molecule has 18 heavy (non-hydrogen) atoms. The Morgan fingerprint density at radius 2 is 2.17 bits per heavy atom. The molecular formula is C14H23N3O. The number of ether oxygens (including phenoxy) is 1. The normalized spacial score (nSPS) is 18.5. The second-order valence-electron chi connectivity index (χ2n) is 4.79. The minimum Gasteiger partial charge on any atom is -0.399 e. The smallest absolute Gasteiger partial charge is 0.0594 e. The zero-order valence-corrected chi connectivity index (χ0v) is 11.1. The van der Waals surface area contributed by atoms with Crippen molar-refractivity contribution in [2.24, 2.45) is 0 Å². The molecule has 3 N–H and O–H groups in total. The molecule has 1 aromatic rings. The highest BCUT2D eigenvalue weighted by Crippen LogP contribution is 2.14. The maximum atomic E-state index is 5.79. The molecule has 4 nitrogen and oxygen atoms in total. The van der Waals surface area contributed by atoms with Gasteiger partial charge in [0, 0.05) is 37.1 Å². The fourth-order valence-electron chi connectivity index (χ4n) is 2.24. The van der Waals surface area contributed by atoms with Crippen LogP contribution in [0.3, 0.4) is 0 Å². The number of hydrogen-bond donors (Lipinski definition) is 2. The van der Waals surface area contributed by atoms with E-state index in [1.54, 1.807) is 0 Å². The maximum Gasteiger partial charge on any atom is 0.0594 e. The highest BCUT2D eigenvalue weighted by molar-refractivity contribution is 5.54. The molecule has 1 aliphatic heterocycles. The summed E-state index contributed by atoms with van der Waals surface area (Å²) < 4.78 is 5.37. The number of hydrogen-bond acceptors (Lipinski definition) is 4. The highest BCUT2D eigenvalue weighted by Gasteiger charge is 2.15. The lowest BCUT2D eigenvalue weighted by molar-refractivity contribution is 0.0360. The van der Waals surface area contributed by atoms with Crippen LogP contribution in [-0.2, 0) is 4.74 Å². The van der Waals surface area contributed by atoms with E-state index < -0.39 is 0 Å². The quantitative estimate of drug-likeness (QED) is 0.781. The first-order valence-corrected chi connectivity index (χ1v) is 6.70. The van der Waals surface area contributed by atoms with Crippen LogP contribution in [0.5, 0.6) is 0 Å². The molecule has 1 heterocycles. The van der Waals surface area contributed by atoms with Crippen LogP contribution in [0.1, 0.15) is 13.3 Å². The van der Waals surface area contributed by atoms with E-state index in [9.17, 15) is 0 Å². The molecule has 100 valence electrons. The third-order valence-electron chi connectivity index (χ3n) is 3.33. The van der Waals surface area contributed by atoms with Crippen LogP contribution in [-0.4, -0.2) is 43.8 Å². The summed E-state index contributed by atoms with van der Waals surface area (Å²) in [7, 11) is 0. The largest absolute Gasteiger partial charge is 0.399 e. The van der Waals surface area contributed by atoms with Gasteiger partial charge < -0.3 is 15.8 Å². The Labute approximate surface area is 109 Å². The summed E-state index contributed by atoms with van der Waals surface area (Å²) >= 11 is 0. The average Bonchev–Trinajstić information content (AvgIpc) is 2.39. The number of morpholine rings is 1. The van der Waals surface area contributed by atoms with Gasteiger partial charge in [-0.15, -0.1) is 0 Å². The Bertz CT molecular complexity index is 364. The molecule has 0 aromatic heterocycles. The van der Waals surface area contributed by atoms with Gasteiger partial charge >= 0.3 is 0 Å². The molecule has 0 spiro atoms. The van der Waals surface area contributed by atoms with Crippen LogP contribution >= 0.6 is 0 Å². The fraction of sp³-hybridized carbons (Fsp3) is 0.571. The molecule has 1 aliphatic rings. The molecule has 0 bridgehead atoms. The molecular weight excluding hydrogens is 226 g/mol. The number of anilines is 2. The molecule has 4 heteroatoms. The van der Waals surface area contributed by atoms with E-state index in [2.05, 4.69) is 23.2 Å². The zero-order valence-electron chi connectivity index (χ0n) is 11.1. The molecule has 0 amide bonds. The van der Waals surface area contributed by atoms with Crippen LogP contribution in [0.25, 0.3) is 0 Å². The Hall–Kier alpha value is -1.26. The SMILES string of the molecule is CCC(CN1CCOCC1)Nc1cccc(N)c1. The highest BCUT2D eigenvalue weighted by atomic mass is 16.5. The maximum absolute atomic E-state index is 5.79.